The van der Waals surface area contributed by atoms with Gasteiger partial charge in [-0.2, -0.15) is 0 Å². The van der Waals surface area contributed by atoms with Crippen LogP contribution in [-0.2, 0) is 11.2 Å². The van der Waals surface area contributed by atoms with Gasteiger partial charge in [-0.25, -0.2) is 9.98 Å². The van der Waals surface area contributed by atoms with E-state index in [1.807, 2.05) is 12.1 Å². The minimum atomic E-state index is 0.425. The van der Waals surface area contributed by atoms with Gasteiger partial charge in [-0.3, -0.25) is 0 Å². The van der Waals surface area contributed by atoms with Gasteiger partial charge >= 0.3 is 6.02 Å². The van der Waals surface area contributed by atoms with Crippen molar-refractivity contribution in [3.63, 3.8) is 0 Å². The number of nitrogens with zero attached hydrogens (tertiary/aromatic N) is 2. The van der Waals surface area contributed by atoms with Crippen molar-refractivity contribution >= 4 is 50.9 Å². The van der Waals surface area contributed by atoms with Crippen LogP contribution in [0.5, 0.6) is 0 Å². The van der Waals surface area contributed by atoms with Crippen LogP contribution >= 0.6 is 39.1 Å². The number of amidine groups is 1. The fraction of sp³-hybridized carbons (Fsp3) is 0.273. The zero-order valence-electron chi connectivity index (χ0n) is 9.01. The molecular weight excluding hydrogens is 327 g/mol. The fourth-order valence-corrected chi connectivity index (χ4v) is 2.28. The SMILES string of the molecule is COC1=NCC(Cc2cc(Cl)c(Br)c(Cl)c2)=N1. The summed E-state index contributed by atoms with van der Waals surface area (Å²) >= 11 is 15.4. The summed E-state index contributed by atoms with van der Waals surface area (Å²) in [5.74, 6) is 0. The number of aliphatic imine (C=N–C) groups is 2. The largest absolute Gasteiger partial charge is 0.467 e. The molecular formula is C11H9BrCl2N2O. The Morgan fingerprint density at radius 1 is 1.35 bits per heavy atom. The third-order valence-corrected chi connectivity index (χ3v) is 4.19. The average Bonchev–Trinajstić information content (AvgIpc) is 2.73. The third-order valence-electron chi connectivity index (χ3n) is 2.28. The first-order valence-corrected chi connectivity index (χ1v) is 6.43. The highest BCUT2D eigenvalue weighted by Crippen LogP contribution is 2.31. The minimum absolute atomic E-state index is 0.425. The molecule has 0 saturated carbocycles. The molecule has 1 aromatic carbocycles. The van der Waals surface area contributed by atoms with E-state index in [1.54, 1.807) is 7.11 Å². The summed E-state index contributed by atoms with van der Waals surface area (Å²) in [5, 5.41) is 1.19. The van der Waals surface area contributed by atoms with Gasteiger partial charge in [-0.1, -0.05) is 23.2 Å². The monoisotopic (exact) mass is 334 g/mol. The Morgan fingerprint density at radius 2 is 2.00 bits per heavy atom. The summed E-state index contributed by atoms with van der Waals surface area (Å²) in [6, 6.07) is 4.16. The zero-order valence-corrected chi connectivity index (χ0v) is 12.1. The molecule has 1 heterocycles. The van der Waals surface area contributed by atoms with E-state index in [2.05, 4.69) is 25.9 Å². The molecule has 1 aliphatic rings. The van der Waals surface area contributed by atoms with E-state index in [9.17, 15) is 0 Å². The predicted molar refractivity (Wildman–Crippen MR) is 74.6 cm³/mol. The number of benzene rings is 1. The van der Waals surface area contributed by atoms with Crippen molar-refractivity contribution in [3.05, 3.63) is 32.2 Å². The number of rotatable bonds is 2. The van der Waals surface area contributed by atoms with Crippen LogP contribution in [-0.4, -0.2) is 25.4 Å². The van der Waals surface area contributed by atoms with E-state index in [0.29, 0.717) is 33.5 Å². The predicted octanol–water partition coefficient (Wildman–Crippen LogP) is 3.76. The Hall–Kier alpha value is -0.580. The summed E-state index contributed by atoms with van der Waals surface area (Å²) in [5.41, 5.74) is 1.95. The molecule has 0 atom stereocenters. The standard InChI is InChI=1S/C11H9BrCl2N2O/c1-17-11-15-5-7(16-11)2-6-3-8(13)10(12)9(14)4-6/h3-4H,2,5H2,1H3. The maximum absolute atomic E-state index is 6.04. The summed E-state index contributed by atoms with van der Waals surface area (Å²) in [6.07, 6.45) is 0.670. The third kappa shape index (κ3) is 3.00. The minimum Gasteiger partial charge on any atom is -0.467 e. The number of methoxy groups -OCH3 is 1. The van der Waals surface area contributed by atoms with Gasteiger partial charge in [0.25, 0.3) is 0 Å². The smallest absolute Gasteiger partial charge is 0.311 e. The normalized spacial score (nSPS) is 14.6. The summed E-state index contributed by atoms with van der Waals surface area (Å²) < 4.78 is 5.66. The Morgan fingerprint density at radius 3 is 2.53 bits per heavy atom. The lowest BCUT2D eigenvalue weighted by atomic mass is 10.1. The van der Waals surface area contributed by atoms with Crippen LogP contribution in [0.1, 0.15) is 5.56 Å². The van der Waals surface area contributed by atoms with Crippen molar-refractivity contribution in [2.45, 2.75) is 6.42 Å². The fourth-order valence-electron chi connectivity index (χ4n) is 1.52. The number of ether oxygens (including phenoxy) is 1. The van der Waals surface area contributed by atoms with E-state index < -0.39 is 0 Å². The van der Waals surface area contributed by atoms with Crippen molar-refractivity contribution in [2.75, 3.05) is 13.7 Å². The van der Waals surface area contributed by atoms with E-state index in [0.717, 1.165) is 11.3 Å². The van der Waals surface area contributed by atoms with Crippen molar-refractivity contribution < 1.29 is 4.74 Å². The van der Waals surface area contributed by atoms with Gasteiger partial charge in [-0.05, 0) is 33.6 Å². The molecule has 0 bridgehead atoms. The Balaban J connectivity index is 2.16. The molecule has 6 heteroatoms. The lowest BCUT2D eigenvalue weighted by Crippen LogP contribution is -2.04. The Kier molecular flexibility index (Phi) is 4.07. The molecule has 17 heavy (non-hydrogen) atoms. The van der Waals surface area contributed by atoms with Gasteiger partial charge < -0.3 is 4.74 Å². The molecule has 0 saturated heterocycles. The first-order chi connectivity index (χ1) is 8.10. The molecule has 0 radical (unpaired) electrons. The summed E-state index contributed by atoms with van der Waals surface area (Å²) in [7, 11) is 1.55. The highest BCUT2D eigenvalue weighted by molar-refractivity contribution is 9.10. The van der Waals surface area contributed by atoms with Crippen molar-refractivity contribution in [3.8, 4) is 0 Å². The maximum Gasteiger partial charge on any atom is 0.311 e. The van der Waals surface area contributed by atoms with Crippen molar-refractivity contribution in [2.24, 2.45) is 9.98 Å². The molecule has 1 aromatic rings. The van der Waals surface area contributed by atoms with Gasteiger partial charge in [-0.15, -0.1) is 0 Å². The van der Waals surface area contributed by atoms with Gasteiger partial charge in [0.2, 0.25) is 0 Å². The second-order valence-corrected chi connectivity index (χ2v) is 5.14. The summed E-state index contributed by atoms with van der Waals surface area (Å²) in [6.45, 7) is 0.564. The molecule has 90 valence electrons. The average molecular weight is 336 g/mol. The molecule has 0 amide bonds. The molecule has 0 aromatic heterocycles. The molecule has 1 aliphatic heterocycles. The molecule has 2 rings (SSSR count). The van der Waals surface area contributed by atoms with E-state index in [1.165, 1.54) is 0 Å². The van der Waals surface area contributed by atoms with Crippen LogP contribution in [0.25, 0.3) is 0 Å². The van der Waals surface area contributed by atoms with Crippen LogP contribution < -0.4 is 0 Å². The topological polar surface area (TPSA) is 34.0 Å². The second-order valence-electron chi connectivity index (χ2n) is 3.53. The molecule has 3 nitrogen and oxygen atoms in total. The van der Waals surface area contributed by atoms with Crippen molar-refractivity contribution in [1.82, 2.24) is 0 Å². The number of halogens is 3. The molecule has 0 N–H and O–H groups in total. The quantitative estimate of drug-likeness (QED) is 0.758. The van der Waals surface area contributed by atoms with E-state index >= 15 is 0 Å². The van der Waals surface area contributed by atoms with Crippen molar-refractivity contribution in [1.29, 1.82) is 0 Å². The number of hydrogen-bond acceptors (Lipinski definition) is 3. The van der Waals surface area contributed by atoms with Crippen LogP contribution in [0, 0.1) is 0 Å². The zero-order chi connectivity index (χ0) is 12.4. The van der Waals surface area contributed by atoms with Gasteiger partial charge in [0.15, 0.2) is 0 Å². The molecule has 0 fully saturated rings. The van der Waals surface area contributed by atoms with E-state index in [4.69, 9.17) is 27.9 Å². The highest BCUT2D eigenvalue weighted by Gasteiger charge is 2.12. The number of hydrogen-bond donors (Lipinski definition) is 0. The van der Waals surface area contributed by atoms with Gasteiger partial charge in [0, 0.05) is 12.1 Å². The molecule has 0 aliphatic carbocycles. The lowest BCUT2D eigenvalue weighted by Gasteiger charge is -2.05. The van der Waals surface area contributed by atoms with Gasteiger partial charge in [0.05, 0.1) is 28.2 Å². The first-order valence-electron chi connectivity index (χ1n) is 4.88. The summed E-state index contributed by atoms with van der Waals surface area (Å²) in [4.78, 5) is 8.34. The first kappa shape index (κ1) is 12.9. The lowest BCUT2D eigenvalue weighted by molar-refractivity contribution is 0.398. The molecule has 0 unspecified atom stereocenters. The Labute approximate surface area is 118 Å². The van der Waals surface area contributed by atoms with Gasteiger partial charge in [0.1, 0.15) is 0 Å². The van der Waals surface area contributed by atoms with Crippen LogP contribution in [0.3, 0.4) is 0 Å². The van der Waals surface area contributed by atoms with E-state index in [-0.39, 0.29) is 0 Å². The molecule has 0 spiro atoms. The Bertz CT molecular complexity index is 491. The highest BCUT2D eigenvalue weighted by atomic mass is 79.9. The second kappa shape index (κ2) is 5.38. The van der Waals surface area contributed by atoms with Crippen LogP contribution in [0.2, 0.25) is 10.0 Å². The maximum atomic E-state index is 6.04. The van der Waals surface area contributed by atoms with Crippen LogP contribution in [0.4, 0.5) is 0 Å². The van der Waals surface area contributed by atoms with Crippen LogP contribution in [0.15, 0.2) is 26.6 Å².